The second-order valence-corrected chi connectivity index (χ2v) is 5.26. The Morgan fingerprint density at radius 3 is 2.81 bits per heavy atom. The van der Waals surface area contributed by atoms with Gasteiger partial charge in [0, 0.05) is 20.2 Å². The van der Waals surface area contributed by atoms with Gasteiger partial charge in [0.25, 0.3) is 0 Å². The molecule has 2 atom stereocenters. The molecule has 0 saturated carbocycles. The summed E-state index contributed by atoms with van der Waals surface area (Å²) in [6.07, 6.45) is -0.141. The normalized spacial score (nSPS) is 21.5. The topological polar surface area (TPSA) is 85.7 Å². The first-order chi connectivity index (χ1) is 10.0. The first-order valence-corrected chi connectivity index (χ1v) is 6.97. The van der Waals surface area contributed by atoms with Crippen LogP contribution in [0.4, 0.5) is 11.4 Å². The third-order valence-electron chi connectivity index (χ3n) is 3.35. The van der Waals surface area contributed by atoms with Gasteiger partial charge < -0.3 is 20.1 Å². The minimum absolute atomic E-state index is 0.0111. The van der Waals surface area contributed by atoms with Crippen LogP contribution in [0.5, 0.6) is 5.75 Å². The van der Waals surface area contributed by atoms with E-state index in [2.05, 4.69) is 10.6 Å². The third kappa shape index (κ3) is 3.62. The fourth-order valence-electron chi connectivity index (χ4n) is 2.42. The molecular weight excluding hydrogens is 274 g/mol. The Morgan fingerprint density at radius 2 is 2.19 bits per heavy atom. The van der Waals surface area contributed by atoms with Gasteiger partial charge in [-0.25, -0.2) is 0 Å². The van der Waals surface area contributed by atoms with Crippen molar-refractivity contribution in [1.29, 1.82) is 0 Å². The van der Waals surface area contributed by atoms with Gasteiger partial charge >= 0.3 is 5.69 Å². The Labute approximate surface area is 123 Å². The molecular formula is C14H21N3O4. The lowest BCUT2D eigenvalue weighted by molar-refractivity contribution is -0.385. The van der Waals surface area contributed by atoms with Crippen LogP contribution in [0.15, 0.2) is 18.2 Å². The smallest absolute Gasteiger partial charge is 0.333 e. The second-order valence-electron chi connectivity index (χ2n) is 5.26. The predicted molar refractivity (Wildman–Crippen MR) is 79.9 cm³/mol. The van der Waals surface area contributed by atoms with Gasteiger partial charge in [-0.2, -0.15) is 0 Å². The molecule has 1 aromatic carbocycles. The minimum atomic E-state index is -0.412. The highest BCUT2D eigenvalue weighted by atomic mass is 16.6. The van der Waals surface area contributed by atoms with E-state index in [9.17, 15) is 10.1 Å². The van der Waals surface area contributed by atoms with E-state index in [1.807, 2.05) is 13.8 Å². The molecule has 2 N–H and O–H groups in total. The van der Waals surface area contributed by atoms with E-state index >= 15 is 0 Å². The van der Waals surface area contributed by atoms with E-state index in [1.165, 1.54) is 0 Å². The Hall–Kier alpha value is -1.86. The van der Waals surface area contributed by atoms with Crippen molar-refractivity contribution in [3.05, 3.63) is 28.3 Å². The van der Waals surface area contributed by atoms with Crippen molar-refractivity contribution in [2.24, 2.45) is 0 Å². The Morgan fingerprint density at radius 1 is 1.43 bits per heavy atom. The van der Waals surface area contributed by atoms with Gasteiger partial charge in [-0.05, 0) is 26.0 Å². The van der Waals surface area contributed by atoms with E-state index in [1.54, 1.807) is 25.3 Å². The third-order valence-corrected chi connectivity index (χ3v) is 3.35. The van der Waals surface area contributed by atoms with Crippen LogP contribution in [-0.2, 0) is 4.74 Å². The van der Waals surface area contributed by atoms with Gasteiger partial charge in [-0.15, -0.1) is 0 Å². The molecule has 1 aliphatic rings. The number of nitro groups is 1. The number of para-hydroxylation sites is 1. The molecule has 116 valence electrons. The summed E-state index contributed by atoms with van der Waals surface area (Å²) in [4.78, 5) is 11.0. The molecule has 1 fully saturated rings. The standard InChI is InChI=1S/C14H21N3O4/c1-9(2)21-12-6-4-5-10(14(12)17(18)19)16-11-7-15-8-13(11)20-3/h4-6,9,11,13,15-16H,7-8H2,1-3H3/t11?,13-/m0/s1. The average molecular weight is 295 g/mol. The molecule has 7 heteroatoms. The van der Waals surface area contributed by atoms with Gasteiger partial charge in [-0.3, -0.25) is 10.1 Å². The van der Waals surface area contributed by atoms with Crippen LogP contribution in [0.2, 0.25) is 0 Å². The molecule has 7 nitrogen and oxygen atoms in total. The number of hydrogen-bond donors (Lipinski definition) is 2. The Balaban J connectivity index is 2.28. The molecule has 0 spiro atoms. The van der Waals surface area contributed by atoms with Crippen LogP contribution >= 0.6 is 0 Å². The number of methoxy groups -OCH3 is 1. The highest BCUT2D eigenvalue weighted by Crippen LogP contribution is 2.36. The number of nitrogens with one attached hydrogen (secondary N) is 2. The molecule has 0 aromatic heterocycles. The van der Waals surface area contributed by atoms with Crippen molar-refractivity contribution in [3.8, 4) is 5.75 Å². The molecule has 1 aliphatic heterocycles. The maximum atomic E-state index is 11.4. The lowest BCUT2D eigenvalue weighted by Crippen LogP contribution is -2.33. The summed E-state index contributed by atoms with van der Waals surface area (Å²) in [6.45, 7) is 5.10. The molecule has 0 amide bonds. The van der Waals surface area contributed by atoms with Gasteiger partial charge in [0.1, 0.15) is 5.69 Å². The van der Waals surface area contributed by atoms with Crippen LogP contribution in [0.25, 0.3) is 0 Å². The summed E-state index contributed by atoms with van der Waals surface area (Å²) >= 11 is 0. The van der Waals surface area contributed by atoms with Gasteiger partial charge in [-0.1, -0.05) is 6.07 Å². The van der Waals surface area contributed by atoms with Crippen molar-refractivity contribution in [2.45, 2.75) is 32.1 Å². The summed E-state index contributed by atoms with van der Waals surface area (Å²) in [5.74, 6) is 0.278. The molecule has 1 saturated heterocycles. The van der Waals surface area contributed by atoms with Gasteiger partial charge in [0.05, 0.1) is 23.2 Å². The van der Waals surface area contributed by atoms with Gasteiger partial charge in [0.15, 0.2) is 5.75 Å². The van der Waals surface area contributed by atoms with Crippen LogP contribution < -0.4 is 15.4 Å². The molecule has 1 heterocycles. The molecule has 0 aliphatic carbocycles. The Bertz CT molecular complexity index is 507. The minimum Gasteiger partial charge on any atom is -0.484 e. The summed E-state index contributed by atoms with van der Waals surface area (Å²) in [5, 5.41) is 17.8. The lowest BCUT2D eigenvalue weighted by atomic mass is 10.1. The van der Waals surface area contributed by atoms with E-state index in [-0.39, 0.29) is 29.7 Å². The molecule has 0 radical (unpaired) electrons. The quantitative estimate of drug-likeness (QED) is 0.614. The Kier molecular flexibility index (Phi) is 4.98. The maximum Gasteiger partial charge on any atom is 0.333 e. The number of rotatable bonds is 6. The number of nitrogens with zero attached hydrogens (tertiary/aromatic N) is 1. The van der Waals surface area contributed by atoms with E-state index < -0.39 is 4.92 Å². The average Bonchev–Trinajstić information content (AvgIpc) is 2.85. The first kappa shape index (κ1) is 15.5. The summed E-state index contributed by atoms with van der Waals surface area (Å²) < 4.78 is 10.9. The number of anilines is 1. The largest absolute Gasteiger partial charge is 0.484 e. The second kappa shape index (κ2) is 6.73. The number of hydrogen-bond acceptors (Lipinski definition) is 6. The van der Waals surface area contributed by atoms with Crippen LogP contribution in [0.1, 0.15) is 13.8 Å². The van der Waals surface area contributed by atoms with Crippen molar-refractivity contribution in [3.63, 3.8) is 0 Å². The number of ether oxygens (including phenoxy) is 2. The highest BCUT2D eigenvalue weighted by Gasteiger charge is 2.30. The fraction of sp³-hybridized carbons (Fsp3) is 0.571. The van der Waals surface area contributed by atoms with Crippen molar-refractivity contribution in [2.75, 3.05) is 25.5 Å². The monoisotopic (exact) mass is 295 g/mol. The molecule has 1 aromatic rings. The summed E-state index contributed by atoms with van der Waals surface area (Å²) in [7, 11) is 1.64. The van der Waals surface area contributed by atoms with E-state index in [0.717, 1.165) is 6.54 Å². The number of benzene rings is 1. The van der Waals surface area contributed by atoms with Crippen molar-refractivity contribution < 1.29 is 14.4 Å². The molecule has 21 heavy (non-hydrogen) atoms. The molecule has 1 unspecified atom stereocenters. The zero-order valence-corrected chi connectivity index (χ0v) is 12.5. The SMILES string of the molecule is CO[C@H]1CNCC1Nc1cccc(OC(C)C)c1[N+](=O)[O-]. The maximum absolute atomic E-state index is 11.4. The predicted octanol–water partition coefficient (Wildman–Crippen LogP) is 1.78. The van der Waals surface area contributed by atoms with E-state index in [0.29, 0.717) is 12.2 Å². The first-order valence-electron chi connectivity index (χ1n) is 6.97. The lowest BCUT2D eigenvalue weighted by Gasteiger charge is -2.20. The van der Waals surface area contributed by atoms with Crippen LogP contribution in [0.3, 0.4) is 0 Å². The number of nitro benzene ring substituents is 1. The molecule has 0 bridgehead atoms. The van der Waals surface area contributed by atoms with Gasteiger partial charge in [0.2, 0.25) is 0 Å². The summed E-state index contributed by atoms with van der Waals surface area (Å²) in [6, 6.07) is 5.04. The van der Waals surface area contributed by atoms with Crippen molar-refractivity contribution in [1.82, 2.24) is 5.32 Å². The van der Waals surface area contributed by atoms with Crippen LogP contribution in [-0.4, -0.2) is 43.4 Å². The van der Waals surface area contributed by atoms with Crippen LogP contribution in [0, 0.1) is 10.1 Å². The zero-order chi connectivity index (χ0) is 15.4. The van der Waals surface area contributed by atoms with E-state index in [4.69, 9.17) is 9.47 Å². The fourth-order valence-corrected chi connectivity index (χ4v) is 2.42. The summed E-state index contributed by atoms with van der Waals surface area (Å²) in [5.41, 5.74) is 0.418. The highest BCUT2D eigenvalue weighted by molar-refractivity contribution is 5.69. The molecule has 2 rings (SSSR count). The van der Waals surface area contributed by atoms with Crippen molar-refractivity contribution >= 4 is 11.4 Å². The zero-order valence-electron chi connectivity index (χ0n) is 12.5.